The van der Waals surface area contributed by atoms with Gasteiger partial charge in [-0.15, -0.1) is 0 Å². The van der Waals surface area contributed by atoms with Crippen molar-refractivity contribution in [2.45, 2.75) is 32.7 Å². The van der Waals surface area contributed by atoms with E-state index >= 15 is 0 Å². The molecule has 94 valence electrons. The van der Waals surface area contributed by atoms with Crippen LogP contribution in [0.1, 0.15) is 25.8 Å². The van der Waals surface area contributed by atoms with E-state index in [2.05, 4.69) is 55.3 Å². The van der Waals surface area contributed by atoms with Gasteiger partial charge in [0.15, 0.2) is 0 Å². The summed E-state index contributed by atoms with van der Waals surface area (Å²) >= 11 is 0. The zero-order valence-electron chi connectivity index (χ0n) is 11.5. The molecule has 1 aliphatic heterocycles. The number of benzene rings is 1. The van der Waals surface area contributed by atoms with E-state index < -0.39 is 0 Å². The summed E-state index contributed by atoms with van der Waals surface area (Å²) in [5.74, 6) is 0.729. The molecule has 0 amide bonds. The Morgan fingerprint density at radius 2 is 2.06 bits per heavy atom. The Morgan fingerprint density at radius 1 is 1.35 bits per heavy atom. The molecule has 0 radical (unpaired) electrons. The van der Waals surface area contributed by atoms with E-state index in [-0.39, 0.29) is 5.54 Å². The predicted molar refractivity (Wildman–Crippen MR) is 74.6 cm³/mol. The number of hydrogen-bond acceptors (Lipinski definition) is 2. The summed E-state index contributed by atoms with van der Waals surface area (Å²) in [5, 5.41) is 3.33. The Labute approximate surface area is 105 Å². The highest BCUT2D eigenvalue weighted by molar-refractivity contribution is 5.56. The van der Waals surface area contributed by atoms with Crippen molar-refractivity contribution in [1.82, 2.24) is 5.32 Å². The lowest BCUT2D eigenvalue weighted by molar-refractivity contribution is 0.356. The average molecular weight is 232 g/mol. The van der Waals surface area contributed by atoms with E-state index in [1.165, 1.54) is 24.2 Å². The lowest BCUT2D eigenvalue weighted by Crippen LogP contribution is -2.45. The minimum atomic E-state index is 0.245. The summed E-state index contributed by atoms with van der Waals surface area (Å²) in [6.45, 7) is 9.22. The average Bonchev–Trinajstić information content (AvgIpc) is 2.57. The van der Waals surface area contributed by atoms with Gasteiger partial charge in [0.1, 0.15) is 0 Å². The summed E-state index contributed by atoms with van der Waals surface area (Å²) in [6.07, 6.45) is 1.28. The normalized spacial score (nSPS) is 23.1. The smallest absolute Gasteiger partial charge is 0.0400 e. The molecule has 2 nitrogen and oxygen atoms in total. The predicted octanol–water partition coefficient (Wildman–Crippen LogP) is 2.82. The third-order valence-electron chi connectivity index (χ3n) is 4.25. The van der Waals surface area contributed by atoms with E-state index in [1.54, 1.807) is 0 Å². The van der Waals surface area contributed by atoms with Crippen LogP contribution in [0.5, 0.6) is 0 Å². The molecule has 2 heteroatoms. The van der Waals surface area contributed by atoms with Crippen molar-refractivity contribution >= 4 is 5.69 Å². The van der Waals surface area contributed by atoms with Crippen LogP contribution < -0.4 is 10.2 Å². The van der Waals surface area contributed by atoms with E-state index in [9.17, 15) is 0 Å². The molecule has 1 N–H and O–H groups in total. The van der Waals surface area contributed by atoms with E-state index in [0.717, 1.165) is 12.5 Å². The van der Waals surface area contributed by atoms with Crippen LogP contribution in [0.25, 0.3) is 0 Å². The summed E-state index contributed by atoms with van der Waals surface area (Å²) in [4.78, 5) is 2.57. The Hall–Kier alpha value is -1.02. The maximum atomic E-state index is 3.33. The molecule has 0 saturated carbocycles. The van der Waals surface area contributed by atoms with E-state index in [4.69, 9.17) is 0 Å². The third-order valence-corrected chi connectivity index (χ3v) is 4.25. The largest absolute Gasteiger partial charge is 0.366 e. The highest BCUT2D eigenvalue weighted by Gasteiger charge is 2.40. The van der Waals surface area contributed by atoms with Crippen molar-refractivity contribution in [3.05, 3.63) is 29.8 Å². The van der Waals surface area contributed by atoms with Gasteiger partial charge in [0.25, 0.3) is 0 Å². The fourth-order valence-corrected chi connectivity index (χ4v) is 3.04. The molecule has 0 spiro atoms. The molecule has 1 unspecified atom stereocenters. The fourth-order valence-electron chi connectivity index (χ4n) is 3.04. The number of nitrogens with one attached hydrogen (secondary N) is 1. The number of aryl methyl sites for hydroxylation is 1. The van der Waals surface area contributed by atoms with Crippen molar-refractivity contribution in [3.63, 3.8) is 0 Å². The van der Waals surface area contributed by atoms with Gasteiger partial charge in [0.05, 0.1) is 0 Å². The van der Waals surface area contributed by atoms with Crippen LogP contribution >= 0.6 is 0 Å². The van der Waals surface area contributed by atoms with Crippen molar-refractivity contribution in [1.29, 1.82) is 0 Å². The SMILES string of the molecule is CNCC1CCN(c2ccccc2C)C1(C)C. The molecule has 0 aliphatic carbocycles. The third kappa shape index (κ3) is 2.19. The highest BCUT2D eigenvalue weighted by atomic mass is 15.2. The first kappa shape index (κ1) is 12.4. The van der Waals surface area contributed by atoms with Gasteiger partial charge in [0.2, 0.25) is 0 Å². The second-order valence-corrected chi connectivity index (χ2v) is 5.64. The molecular formula is C15H24N2. The van der Waals surface area contributed by atoms with Crippen molar-refractivity contribution in [2.75, 3.05) is 25.0 Å². The molecule has 2 rings (SSSR count). The number of para-hydroxylation sites is 1. The lowest BCUT2D eigenvalue weighted by Gasteiger charge is -2.38. The van der Waals surface area contributed by atoms with Gasteiger partial charge in [-0.3, -0.25) is 0 Å². The van der Waals surface area contributed by atoms with Gasteiger partial charge in [-0.2, -0.15) is 0 Å². The van der Waals surface area contributed by atoms with Gasteiger partial charge in [-0.05, 0) is 58.3 Å². The minimum absolute atomic E-state index is 0.245. The Morgan fingerprint density at radius 3 is 2.71 bits per heavy atom. The van der Waals surface area contributed by atoms with Crippen molar-refractivity contribution in [2.24, 2.45) is 5.92 Å². The number of hydrogen-bond donors (Lipinski definition) is 1. The quantitative estimate of drug-likeness (QED) is 0.862. The second-order valence-electron chi connectivity index (χ2n) is 5.64. The minimum Gasteiger partial charge on any atom is -0.366 e. The van der Waals surface area contributed by atoms with Crippen LogP contribution in [-0.4, -0.2) is 25.7 Å². The molecule has 0 aromatic heterocycles. The zero-order valence-corrected chi connectivity index (χ0v) is 11.5. The lowest BCUT2D eigenvalue weighted by atomic mass is 9.88. The molecule has 1 saturated heterocycles. The maximum absolute atomic E-state index is 3.33. The first-order chi connectivity index (χ1) is 8.07. The summed E-state index contributed by atoms with van der Waals surface area (Å²) in [7, 11) is 2.05. The topological polar surface area (TPSA) is 15.3 Å². The summed E-state index contributed by atoms with van der Waals surface area (Å²) in [6, 6.07) is 8.71. The Bertz CT molecular complexity index is 384. The van der Waals surface area contributed by atoms with Gasteiger partial charge in [0, 0.05) is 17.8 Å². The first-order valence-corrected chi connectivity index (χ1v) is 6.55. The zero-order chi connectivity index (χ0) is 12.5. The number of rotatable bonds is 3. The molecule has 1 aromatic carbocycles. The molecule has 1 atom stereocenters. The summed E-state index contributed by atoms with van der Waals surface area (Å²) < 4.78 is 0. The van der Waals surface area contributed by atoms with E-state index in [1.807, 2.05) is 7.05 Å². The van der Waals surface area contributed by atoms with Crippen molar-refractivity contribution in [3.8, 4) is 0 Å². The van der Waals surface area contributed by atoms with Gasteiger partial charge < -0.3 is 10.2 Å². The van der Waals surface area contributed by atoms with Crippen LogP contribution in [0.2, 0.25) is 0 Å². The van der Waals surface area contributed by atoms with Gasteiger partial charge in [-0.1, -0.05) is 18.2 Å². The summed E-state index contributed by atoms with van der Waals surface area (Å²) in [5.41, 5.74) is 3.02. The molecule has 17 heavy (non-hydrogen) atoms. The molecule has 0 bridgehead atoms. The molecular weight excluding hydrogens is 208 g/mol. The molecule has 1 aromatic rings. The monoisotopic (exact) mass is 232 g/mol. The van der Waals surface area contributed by atoms with E-state index in [0.29, 0.717) is 0 Å². The Balaban J connectivity index is 2.27. The van der Waals surface area contributed by atoms with Gasteiger partial charge in [-0.25, -0.2) is 0 Å². The first-order valence-electron chi connectivity index (χ1n) is 6.55. The standard InChI is InChI=1S/C15H24N2/c1-12-7-5-6-8-14(12)17-10-9-13(11-16-4)15(17,2)3/h5-8,13,16H,9-11H2,1-4H3. The molecule has 1 fully saturated rings. The van der Waals surface area contributed by atoms with Gasteiger partial charge >= 0.3 is 0 Å². The van der Waals surface area contributed by atoms with Crippen LogP contribution in [0.4, 0.5) is 5.69 Å². The number of anilines is 1. The molecule has 1 aliphatic rings. The second kappa shape index (κ2) is 4.69. The van der Waals surface area contributed by atoms with Crippen LogP contribution in [0, 0.1) is 12.8 Å². The fraction of sp³-hybridized carbons (Fsp3) is 0.600. The molecule has 1 heterocycles. The van der Waals surface area contributed by atoms with Crippen molar-refractivity contribution < 1.29 is 0 Å². The Kier molecular flexibility index (Phi) is 3.43. The van der Waals surface area contributed by atoms with Crippen LogP contribution in [0.15, 0.2) is 24.3 Å². The van der Waals surface area contributed by atoms with Crippen LogP contribution in [-0.2, 0) is 0 Å². The maximum Gasteiger partial charge on any atom is 0.0400 e. The number of nitrogens with zero attached hydrogens (tertiary/aromatic N) is 1. The highest BCUT2D eigenvalue weighted by Crippen LogP contribution is 2.38. The van der Waals surface area contributed by atoms with Crippen LogP contribution in [0.3, 0.4) is 0 Å².